The Morgan fingerprint density at radius 2 is 2.14 bits per heavy atom. The molecule has 5 heteroatoms. The molecule has 3 N–H and O–H groups in total. The maximum atomic E-state index is 11.8. The molecular weight excluding hydrogens is 266 g/mol. The zero-order chi connectivity index (χ0) is 15.7. The molecule has 0 saturated carbocycles. The van der Waals surface area contributed by atoms with Gasteiger partial charge in [-0.25, -0.2) is 0 Å². The van der Waals surface area contributed by atoms with E-state index in [1.165, 1.54) is 0 Å². The number of methoxy groups -OCH3 is 1. The first kappa shape index (κ1) is 17.5. The summed E-state index contributed by atoms with van der Waals surface area (Å²) in [5.74, 6) is 0.912. The molecule has 0 aliphatic carbocycles. The molecule has 1 aromatic carbocycles. The van der Waals surface area contributed by atoms with Gasteiger partial charge < -0.3 is 15.8 Å². The van der Waals surface area contributed by atoms with Crippen LogP contribution in [0.1, 0.15) is 25.3 Å². The minimum Gasteiger partial charge on any atom is -0.496 e. The third-order valence-corrected chi connectivity index (χ3v) is 3.50. The van der Waals surface area contributed by atoms with Gasteiger partial charge in [0.15, 0.2) is 0 Å². The fourth-order valence-corrected chi connectivity index (χ4v) is 2.20. The van der Waals surface area contributed by atoms with Gasteiger partial charge in [-0.2, -0.15) is 0 Å². The number of carbonyl (C=O) groups is 1. The number of nitrogens with one attached hydrogen (secondary N) is 1. The molecule has 0 aromatic heterocycles. The maximum absolute atomic E-state index is 11.8. The molecule has 0 fully saturated rings. The molecule has 0 aliphatic heterocycles. The largest absolute Gasteiger partial charge is 0.496 e. The first-order chi connectivity index (χ1) is 10.1. The number of hydrogen-bond acceptors (Lipinski definition) is 4. The van der Waals surface area contributed by atoms with E-state index in [9.17, 15) is 4.79 Å². The topological polar surface area (TPSA) is 67.6 Å². The zero-order valence-electron chi connectivity index (χ0n) is 13.3. The number of likely N-dealkylation sites (N-methyl/N-ethyl adjacent to an activating group) is 1. The van der Waals surface area contributed by atoms with Crippen molar-refractivity contribution < 1.29 is 9.53 Å². The van der Waals surface area contributed by atoms with E-state index < -0.39 is 0 Å². The highest BCUT2D eigenvalue weighted by atomic mass is 16.5. The second-order valence-electron chi connectivity index (χ2n) is 5.17. The average molecular weight is 293 g/mol. The van der Waals surface area contributed by atoms with E-state index in [2.05, 4.69) is 10.2 Å². The Kier molecular flexibility index (Phi) is 7.79. The zero-order valence-corrected chi connectivity index (χ0v) is 13.3. The lowest BCUT2D eigenvalue weighted by Crippen LogP contribution is -2.41. The van der Waals surface area contributed by atoms with Crippen molar-refractivity contribution in [1.82, 2.24) is 10.2 Å². The van der Waals surface area contributed by atoms with Gasteiger partial charge in [0.05, 0.1) is 7.11 Å². The van der Waals surface area contributed by atoms with Crippen LogP contribution in [0, 0.1) is 0 Å². The molecular formula is C16H27N3O2. The van der Waals surface area contributed by atoms with Crippen molar-refractivity contribution in [3.8, 4) is 5.75 Å². The van der Waals surface area contributed by atoms with E-state index >= 15 is 0 Å². The minimum absolute atomic E-state index is 0.0202. The number of carbonyl (C=O) groups excluding carboxylic acids is 1. The van der Waals surface area contributed by atoms with E-state index in [0.717, 1.165) is 17.7 Å². The summed E-state index contributed by atoms with van der Waals surface area (Å²) in [5.41, 5.74) is 6.91. The molecule has 0 radical (unpaired) electrons. The fraction of sp³-hybridized carbons (Fsp3) is 0.562. The first-order valence-corrected chi connectivity index (χ1v) is 7.41. The predicted molar refractivity (Wildman–Crippen MR) is 85.2 cm³/mol. The lowest BCUT2D eigenvalue weighted by atomic mass is 10.1. The number of para-hydroxylation sites is 1. The van der Waals surface area contributed by atoms with Gasteiger partial charge in [-0.15, -0.1) is 0 Å². The predicted octanol–water partition coefficient (Wildman–Crippen LogP) is 1.37. The highest BCUT2D eigenvalue weighted by Gasteiger charge is 2.18. The van der Waals surface area contributed by atoms with E-state index in [0.29, 0.717) is 26.1 Å². The summed E-state index contributed by atoms with van der Waals surface area (Å²) in [6.07, 6.45) is 1.36. The van der Waals surface area contributed by atoms with Crippen LogP contribution >= 0.6 is 0 Å². The van der Waals surface area contributed by atoms with E-state index in [4.69, 9.17) is 10.5 Å². The third-order valence-electron chi connectivity index (χ3n) is 3.50. The molecule has 1 amide bonds. The first-order valence-electron chi connectivity index (χ1n) is 7.41. The number of benzene rings is 1. The van der Waals surface area contributed by atoms with Crippen molar-refractivity contribution in [3.05, 3.63) is 29.8 Å². The van der Waals surface area contributed by atoms with Crippen LogP contribution in [0.3, 0.4) is 0 Å². The van der Waals surface area contributed by atoms with Crippen molar-refractivity contribution in [2.75, 3.05) is 27.2 Å². The smallest absolute Gasteiger partial charge is 0.221 e. The van der Waals surface area contributed by atoms with Crippen LogP contribution in [0.25, 0.3) is 0 Å². The lowest BCUT2D eigenvalue weighted by molar-refractivity contribution is -0.122. The molecule has 1 aromatic rings. The summed E-state index contributed by atoms with van der Waals surface area (Å²) in [4.78, 5) is 13.9. The van der Waals surface area contributed by atoms with Crippen molar-refractivity contribution in [1.29, 1.82) is 0 Å². The summed E-state index contributed by atoms with van der Waals surface area (Å²) >= 11 is 0. The number of nitrogens with two attached hydrogens (primary N) is 1. The van der Waals surface area contributed by atoms with E-state index in [-0.39, 0.29) is 11.9 Å². The Balaban J connectivity index is 2.62. The van der Waals surface area contributed by atoms with Crippen molar-refractivity contribution in [2.45, 2.75) is 32.4 Å². The molecule has 0 heterocycles. The molecule has 0 spiro atoms. The Labute approximate surface area is 127 Å². The molecule has 21 heavy (non-hydrogen) atoms. The van der Waals surface area contributed by atoms with Crippen LogP contribution < -0.4 is 15.8 Å². The van der Waals surface area contributed by atoms with Crippen LogP contribution in [0.5, 0.6) is 5.75 Å². The van der Waals surface area contributed by atoms with Gasteiger partial charge in [-0.1, -0.05) is 25.1 Å². The van der Waals surface area contributed by atoms with Gasteiger partial charge in [-0.3, -0.25) is 9.69 Å². The van der Waals surface area contributed by atoms with Crippen LogP contribution in [0.4, 0.5) is 0 Å². The Morgan fingerprint density at radius 3 is 2.76 bits per heavy atom. The molecule has 0 bridgehead atoms. The van der Waals surface area contributed by atoms with Crippen molar-refractivity contribution in [3.63, 3.8) is 0 Å². The summed E-state index contributed by atoms with van der Waals surface area (Å²) < 4.78 is 5.36. The number of nitrogens with zero attached hydrogens (tertiary/aromatic N) is 1. The fourth-order valence-electron chi connectivity index (χ4n) is 2.20. The highest BCUT2D eigenvalue weighted by molar-refractivity contribution is 5.76. The highest BCUT2D eigenvalue weighted by Crippen LogP contribution is 2.19. The van der Waals surface area contributed by atoms with Gasteiger partial charge in [-0.05, 0) is 19.5 Å². The van der Waals surface area contributed by atoms with E-state index in [1.807, 2.05) is 38.2 Å². The Hall–Kier alpha value is -1.59. The number of rotatable bonds is 9. The molecule has 5 nitrogen and oxygen atoms in total. The molecule has 118 valence electrons. The number of amides is 1. The molecule has 1 rings (SSSR count). The molecule has 1 unspecified atom stereocenters. The quantitative estimate of drug-likeness (QED) is 0.721. The standard InChI is InChI=1S/C16H27N3O2/c1-4-9-18-16(20)10-14(11-17)19(2)12-13-7-5-6-8-15(13)21-3/h5-8,14H,4,9-12,17H2,1-3H3,(H,18,20). The van der Waals surface area contributed by atoms with Crippen LogP contribution in [-0.4, -0.2) is 44.1 Å². The van der Waals surface area contributed by atoms with Crippen molar-refractivity contribution in [2.24, 2.45) is 5.73 Å². The van der Waals surface area contributed by atoms with Crippen molar-refractivity contribution >= 4 is 5.91 Å². The average Bonchev–Trinajstić information content (AvgIpc) is 2.50. The van der Waals surface area contributed by atoms with E-state index in [1.54, 1.807) is 7.11 Å². The second-order valence-corrected chi connectivity index (χ2v) is 5.17. The van der Waals surface area contributed by atoms with Gasteiger partial charge >= 0.3 is 0 Å². The SMILES string of the molecule is CCCNC(=O)CC(CN)N(C)Cc1ccccc1OC. The van der Waals surface area contributed by atoms with Crippen LogP contribution in [0.2, 0.25) is 0 Å². The summed E-state index contributed by atoms with van der Waals surface area (Å²) in [6, 6.07) is 7.92. The lowest BCUT2D eigenvalue weighted by Gasteiger charge is -2.27. The summed E-state index contributed by atoms with van der Waals surface area (Å²) in [5, 5.41) is 2.89. The van der Waals surface area contributed by atoms with Gasteiger partial charge in [0.1, 0.15) is 5.75 Å². The summed E-state index contributed by atoms with van der Waals surface area (Å²) in [7, 11) is 3.65. The maximum Gasteiger partial charge on any atom is 0.221 e. The summed E-state index contributed by atoms with van der Waals surface area (Å²) in [6.45, 7) is 3.90. The minimum atomic E-state index is 0.0202. The number of ether oxygens (including phenoxy) is 1. The van der Waals surface area contributed by atoms with Gasteiger partial charge in [0.25, 0.3) is 0 Å². The Morgan fingerprint density at radius 1 is 1.43 bits per heavy atom. The molecule has 0 aliphatic rings. The Bertz CT molecular complexity index is 437. The molecule has 0 saturated heterocycles. The normalized spacial score (nSPS) is 12.2. The van der Waals surface area contributed by atoms with Gasteiger partial charge in [0, 0.05) is 37.7 Å². The second kappa shape index (κ2) is 9.37. The monoisotopic (exact) mass is 293 g/mol. The molecule has 1 atom stereocenters. The van der Waals surface area contributed by atoms with Gasteiger partial charge in [0.2, 0.25) is 5.91 Å². The van der Waals surface area contributed by atoms with Crippen LogP contribution in [0.15, 0.2) is 24.3 Å². The van der Waals surface area contributed by atoms with Crippen LogP contribution in [-0.2, 0) is 11.3 Å². The third kappa shape index (κ3) is 5.73. The number of hydrogen-bond donors (Lipinski definition) is 2.